The normalized spacial score (nSPS) is 22.7. The first-order chi connectivity index (χ1) is 14.0. The summed E-state index contributed by atoms with van der Waals surface area (Å²) in [7, 11) is 0. The number of thioether (sulfide) groups is 1. The van der Waals surface area contributed by atoms with Gasteiger partial charge < -0.3 is 9.67 Å². The van der Waals surface area contributed by atoms with Crippen LogP contribution in [0.1, 0.15) is 37.0 Å². The predicted octanol–water partition coefficient (Wildman–Crippen LogP) is 3.60. The smallest absolute Gasteiger partial charge is 0.143 e. The van der Waals surface area contributed by atoms with E-state index >= 15 is 4.39 Å². The van der Waals surface area contributed by atoms with E-state index in [9.17, 15) is 5.11 Å². The van der Waals surface area contributed by atoms with Crippen molar-refractivity contribution in [2.75, 3.05) is 12.4 Å². The van der Waals surface area contributed by atoms with Crippen molar-refractivity contribution in [2.45, 2.75) is 42.9 Å². The molecule has 3 aromatic rings. The molecule has 1 aliphatic heterocycles. The summed E-state index contributed by atoms with van der Waals surface area (Å²) in [4.78, 5) is 4.13. The van der Waals surface area contributed by atoms with E-state index in [-0.39, 0.29) is 17.2 Å². The van der Waals surface area contributed by atoms with Gasteiger partial charge in [0.1, 0.15) is 17.5 Å². The lowest BCUT2D eigenvalue weighted by atomic mass is 9.92. The van der Waals surface area contributed by atoms with Gasteiger partial charge in [0, 0.05) is 47.0 Å². The van der Waals surface area contributed by atoms with E-state index in [0.29, 0.717) is 12.0 Å². The Balaban J connectivity index is 1.52. The molecule has 1 N–H and O–H groups in total. The van der Waals surface area contributed by atoms with E-state index in [1.165, 1.54) is 0 Å². The second-order valence-corrected chi connectivity index (χ2v) is 9.93. The Morgan fingerprint density at radius 2 is 2.07 bits per heavy atom. The molecule has 5 nitrogen and oxygen atoms in total. The molecule has 7 heteroatoms. The summed E-state index contributed by atoms with van der Waals surface area (Å²) < 4.78 is 17.2. The maximum atomic E-state index is 15.2. The van der Waals surface area contributed by atoms with Gasteiger partial charge in [0.25, 0.3) is 0 Å². The summed E-state index contributed by atoms with van der Waals surface area (Å²) in [5.41, 5.74) is 2.03. The molecule has 0 saturated heterocycles. The average Bonchev–Trinajstić information content (AvgIpc) is 3.48. The van der Waals surface area contributed by atoms with Crippen LogP contribution < -0.4 is 0 Å². The number of aliphatic hydroxyl groups excluding tert-OH is 1. The Morgan fingerprint density at radius 1 is 1.21 bits per heavy atom. The standard InChI is InChI=1S/C22H23FN4OS/c1-21(14-28)12-19-25-26-20(27(19)9-10-29-21)22(6-7-22)17-5-4-15(11-18(17)23)16-3-2-8-24-13-16/h2-5,8,11,13,28H,6-7,9-10,12,14H2,1H3. The second-order valence-electron chi connectivity index (χ2n) is 8.24. The average molecular weight is 411 g/mol. The molecule has 1 aliphatic carbocycles. The van der Waals surface area contributed by atoms with Crippen molar-refractivity contribution in [2.24, 2.45) is 0 Å². The summed E-state index contributed by atoms with van der Waals surface area (Å²) in [5, 5.41) is 18.7. The summed E-state index contributed by atoms with van der Waals surface area (Å²) in [6.45, 7) is 2.95. The molecule has 2 aromatic heterocycles. The largest absolute Gasteiger partial charge is 0.395 e. The van der Waals surface area contributed by atoms with E-state index in [0.717, 1.165) is 47.9 Å². The fraction of sp³-hybridized carbons (Fsp3) is 0.409. The number of fused-ring (bicyclic) bond motifs is 1. The summed E-state index contributed by atoms with van der Waals surface area (Å²) in [6, 6.07) is 9.25. The summed E-state index contributed by atoms with van der Waals surface area (Å²) in [6.07, 6.45) is 5.87. The van der Waals surface area contributed by atoms with E-state index < -0.39 is 5.41 Å². The molecule has 150 valence electrons. The third kappa shape index (κ3) is 3.16. The first-order valence-electron chi connectivity index (χ1n) is 9.92. The number of pyridine rings is 1. The van der Waals surface area contributed by atoms with Crippen LogP contribution in [0.25, 0.3) is 11.1 Å². The van der Waals surface area contributed by atoms with E-state index in [2.05, 4.69) is 26.7 Å². The molecule has 1 fully saturated rings. The van der Waals surface area contributed by atoms with Crippen LogP contribution in [0.4, 0.5) is 4.39 Å². The SMILES string of the molecule is CC1(CO)Cc2nnc(C3(c4ccc(-c5cccnc5)cc4F)CC3)n2CCS1. The Kier molecular flexibility index (Phi) is 4.47. The fourth-order valence-corrected chi connectivity index (χ4v) is 5.37. The quantitative estimate of drug-likeness (QED) is 0.712. The van der Waals surface area contributed by atoms with Gasteiger partial charge in [-0.3, -0.25) is 4.98 Å². The Morgan fingerprint density at radius 3 is 2.76 bits per heavy atom. The Labute approximate surface area is 173 Å². The third-order valence-electron chi connectivity index (χ3n) is 6.12. The van der Waals surface area contributed by atoms with Gasteiger partial charge in [-0.05, 0) is 37.5 Å². The van der Waals surface area contributed by atoms with Gasteiger partial charge in [-0.1, -0.05) is 18.2 Å². The number of rotatable bonds is 4. The molecule has 0 amide bonds. The van der Waals surface area contributed by atoms with Crippen molar-refractivity contribution in [3.8, 4) is 11.1 Å². The Bertz CT molecular complexity index is 1050. The zero-order valence-corrected chi connectivity index (χ0v) is 17.1. The van der Waals surface area contributed by atoms with Crippen LogP contribution in [0.3, 0.4) is 0 Å². The fourth-order valence-electron chi connectivity index (χ4n) is 4.28. The number of hydrogen-bond acceptors (Lipinski definition) is 5. The highest BCUT2D eigenvalue weighted by atomic mass is 32.2. The lowest BCUT2D eigenvalue weighted by Crippen LogP contribution is -2.28. The first kappa shape index (κ1) is 18.8. The predicted molar refractivity (Wildman–Crippen MR) is 111 cm³/mol. The molecule has 0 bridgehead atoms. The van der Waals surface area contributed by atoms with Crippen molar-refractivity contribution >= 4 is 11.8 Å². The molecule has 1 unspecified atom stereocenters. The van der Waals surface area contributed by atoms with Crippen LogP contribution in [0.15, 0.2) is 42.7 Å². The molecule has 0 spiro atoms. The topological polar surface area (TPSA) is 63.8 Å². The second kappa shape index (κ2) is 6.92. The van der Waals surface area contributed by atoms with Crippen LogP contribution in [-0.2, 0) is 18.4 Å². The zero-order chi connectivity index (χ0) is 20.1. The highest BCUT2D eigenvalue weighted by Gasteiger charge is 2.52. The highest BCUT2D eigenvalue weighted by Crippen LogP contribution is 2.54. The zero-order valence-electron chi connectivity index (χ0n) is 16.3. The first-order valence-corrected chi connectivity index (χ1v) is 10.9. The monoisotopic (exact) mass is 410 g/mol. The summed E-state index contributed by atoms with van der Waals surface area (Å²) >= 11 is 1.77. The number of benzene rings is 1. The highest BCUT2D eigenvalue weighted by molar-refractivity contribution is 8.00. The van der Waals surface area contributed by atoms with Crippen LogP contribution >= 0.6 is 11.8 Å². The molecule has 5 rings (SSSR count). The van der Waals surface area contributed by atoms with Gasteiger partial charge in [0.15, 0.2) is 0 Å². The lowest BCUT2D eigenvalue weighted by molar-refractivity contribution is 0.254. The van der Waals surface area contributed by atoms with Crippen LogP contribution in [0, 0.1) is 5.82 Å². The number of halogens is 1. The van der Waals surface area contributed by atoms with Crippen molar-refractivity contribution in [1.82, 2.24) is 19.7 Å². The molecule has 2 aliphatic rings. The molecule has 1 aromatic carbocycles. The number of aromatic nitrogens is 4. The van der Waals surface area contributed by atoms with E-state index in [1.807, 2.05) is 24.3 Å². The van der Waals surface area contributed by atoms with Gasteiger partial charge in [-0.2, -0.15) is 11.8 Å². The van der Waals surface area contributed by atoms with Crippen molar-refractivity contribution in [1.29, 1.82) is 0 Å². The molecular weight excluding hydrogens is 387 g/mol. The minimum atomic E-state index is -0.395. The van der Waals surface area contributed by atoms with Gasteiger partial charge in [0.2, 0.25) is 0 Å². The van der Waals surface area contributed by atoms with Crippen molar-refractivity contribution < 1.29 is 9.50 Å². The summed E-state index contributed by atoms with van der Waals surface area (Å²) in [5.74, 6) is 2.43. The third-order valence-corrected chi connectivity index (χ3v) is 7.47. The minimum Gasteiger partial charge on any atom is -0.395 e. The van der Waals surface area contributed by atoms with Gasteiger partial charge >= 0.3 is 0 Å². The van der Waals surface area contributed by atoms with Gasteiger partial charge in [-0.25, -0.2) is 4.39 Å². The van der Waals surface area contributed by atoms with Gasteiger partial charge in [0.05, 0.1) is 12.0 Å². The van der Waals surface area contributed by atoms with Gasteiger partial charge in [-0.15, -0.1) is 10.2 Å². The van der Waals surface area contributed by atoms with Crippen molar-refractivity contribution in [3.05, 3.63) is 65.8 Å². The number of nitrogens with zero attached hydrogens (tertiary/aromatic N) is 4. The molecule has 1 atom stereocenters. The lowest BCUT2D eigenvalue weighted by Gasteiger charge is -2.23. The van der Waals surface area contributed by atoms with Crippen molar-refractivity contribution in [3.63, 3.8) is 0 Å². The maximum absolute atomic E-state index is 15.2. The van der Waals surface area contributed by atoms with Crippen LogP contribution in [0.2, 0.25) is 0 Å². The van der Waals surface area contributed by atoms with E-state index in [1.54, 1.807) is 30.2 Å². The van der Waals surface area contributed by atoms with Crippen LogP contribution in [-0.4, -0.2) is 42.0 Å². The Hall–Kier alpha value is -2.25. The minimum absolute atomic E-state index is 0.107. The van der Waals surface area contributed by atoms with E-state index in [4.69, 9.17) is 0 Å². The molecular formula is C22H23FN4OS. The molecule has 1 saturated carbocycles. The number of hydrogen-bond donors (Lipinski definition) is 1. The maximum Gasteiger partial charge on any atom is 0.143 e. The molecule has 3 heterocycles. The van der Waals surface area contributed by atoms with Crippen LogP contribution in [0.5, 0.6) is 0 Å². The molecule has 0 radical (unpaired) electrons. The number of aliphatic hydroxyl groups is 1. The molecule has 29 heavy (non-hydrogen) atoms.